The summed E-state index contributed by atoms with van der Waals surface area (Å²) >= 11 is 5.98. The molecule has 1 aromatic rings. The highest BCUT2D eigenvalue weighted by molar-refractivity contribution is 6.29. The number of aromatic nitrogens is 1. The monoisotopic (exact) mass is 394 g/mol. The minimum Gasteiger partial charge on any atom is -0.490 e. The zero-order valence-electron chi connectivity index (χ0n) is 16.2. The molecule has 0 saturated heterocycles. The van der Waals surface area contributed by atoms with E-state index in [4.69, 9.17) is 26.8 Å². The minimum atomic E-state index is -0.524. The molecule has 1 fully saturated rings. The summed E-state index contributed by atoms with van der Waals surface area (Å²) in [5, 5.41) is 0.363. The number of rotatable bonds is 7. The average molecular weight is 395 g/mol. The van der Waals surface area contributed by atoms with Crippen molar-refractivity contribution in [3.63, 3.8) is 0 Å². The number of nitrogens with two attached hydrogens (primary N) is 1. The van der Waals surface area contributed by atoms with Crippen LogP contribution in [-0.4, -0.2) is 54.0 Å². The van der Waals surface area contributed by atoms with Crippen molar-refractivity contribution in [3.8, 4) is 5.75 Å². The molecule has 0 bridgehead atoms. The molecule has 2 rings (SSSR count). The second kappa shape index (κ2) is 9.08. The quantitative estimate of drug-likeness (QED) is 0.564. The van der Waals surface area contributed by atoms with Crippen molar-refractivity contribution in [3.05, 3.63) is 29.2 Å². The number of aliphatic imine (C=N–C) groups is 1. The first-order valence-corrected chi connectivity index (χ1v) is 9.26. The molecule has 1 aromatic heterocycles. The summed E-state index contributed by atoms with van der Waals surface area (Å²) < 4.78 is 11.2. The van der Waals surface area contributed by atoms with E-state index in [0.717, 1.165) is 18.4 Å². The van der Waals surface area contributed by atoms with Crippen LogP contribution in [0.25, 0.3) is 5.57 Å². The molecule has 0 spiro atoms. The number of nitrogens with zero attached hydrogens (tertiary/aromatic N) is 3. The molecule has 1 heterocycles. The lowest BCUT2D eigenvalue weighted by atomic mass is 10.1. The molecule has 0 aromatic carbocycles. The van der Waals surface area contributed by atoms with Crippen molar-refractivity contribution >= 4 is 29.5 Å². The second-order valence-corrected chi connectivity index (χ2v) is 7.77. The normalized spacial score (nSPS) is 15.1. The Hall–Kier alpha value is -2.28. The number of pyridine rings is 1. The lowest BCUT2D eigenvalue weighted by Gasteiger charge is -2.24. The molecule has 7 nitrogen and oxygen atoms in total. The van der Waals surface area contributed by atoms with Gasteiger partial charge in [0.2, 0.25) is 0 Å². The van der Waals surface area contributed by atoms with Gasteiger partial charge in [-0.25, -0.2) is 9.78 Å². The third-order valence-corrected chi connectivity index (χ3v) is 3.85. The van der Waals surface area contributed by atoms with Gasteiger partial charge in [0.15, 0.2) is 0 Å². The van der Waals surface area contributed by atoms with Crippen LogP contribution in [-0.2, 0) is 4.74 Å². The van der Waals surface area contributed by atoms with Crippen molar-refractivity contribution in [2.45, 2.75) is 45.3 Å². The van der Waals surface area contributed by atoms with Gasteiger partial charge in [0, 0.05) is 49.4 Å². The highest BCUT2D eigenvalue weighted by atomic mass is 35.5. The van der Waals surface area contributed by atoms with Crippen LogP contribution in [0, 0.1) is 0 Å². The third-order valence-electron chi connectivity index (χ3n) is 3.64. The van der Waals surface area contributed by atoms with Gasteiger partial charge >= 0.3 is 6.09 Å². The molecule has 1 aliphatic carbocycles. The molecule has 0 atom stereocenters. The number of carbonyl (C=O) groups excluding carboxylic acids is 1. The summed E-state index contributed by atoms with van der Waals surface area (Å²) in [6.07, 6.45) is 6.63. The fraction of sp³-hybridized carbons (Fsp3) is 0.526. The molecule has 0 unspecified atom stereocenters. The van der Waals surface area contributed by atoms with Crippen molar-refractivity contribution in [2.24, 2.45) is 10.7 Å². The Bertz CT molecular complexity index is 724. The van der Waals surface area contributed by atoms with E-state index in [2.05, 4.69) is 9.98 Å². The maximum atomic E-state index is 11.9. The van der Waals surface area contributed by atoms with Crippen LogP contribution in [0.2, 0.25) is 5.15 Å². The van der Waals surface area contributed by atoms with Gasteiger partial charge in [-0.05, 0) is 33.6 Å². The maximum absolute atomic E-state index is 11.9. The predicted octanol–water partition coefficient (Wildman–Crippen LogP) is 3.51. The summed E-state index contributed by atoms with van der Waals surface area (Å²) in [6.45, 7) is 6.32. The van der Waals surface area contributed by atoms with E-state index in [-0.39, 0.29) is 12.2 Å². The Morgan fingerprint density at radius 3 is 2.78 bits per heavy atom. The molecule has 27 heavy (non-hydrogen) atoms. The minimum absolute atomic E-state index is 0.223. The van der Waals surface area contributed by atoms with Crippen LogP contribution in [0.15, 0.2) is 23.5 Å². The standard InChI is InChI=1S/C19H27ClN4O3/c1-19(2,3)27-18(25)24(4)8-7-22-11-13(10-21)15-12-23-17(20)9-16(15)26-14-5-6-14/h9-12,14H,5-8,21H2,1-4H3/b13-10+,22-11?. The van der Waals surface area contributed by atoms with E-state index in [1.807, 2.05) is 20.8 Å². The Morgan fingerprint density at radius 1 is 1.48 bits per heavy atom. The van der Waals surface area contributed by atoms with Gasteiger partial charge in [0.05, 0.1) is 12.6 Å². The number of halogens is 1. The van der Waals surface area contributed by atoms with E-state index < -0.39 is 5.60 Å². The first kappa shape index (κ1) is 21.0. The summed E-state index contributed by atoms with van der Waals surface area (Å²) in [4.78, 5) is 21.9. The van der Waals surface area contributed by atoms with Gasteiger partial charge in [0.1, 0.15) is 16.5 Å². The van der Waals surface area contributed by atoms with Gasteiger partial charge < -0.3 is 20.1 Å². The summed E-state index contributed by atoms with van der Waals surface area (Å²) in [6, 6.07) is 1.68. The maximum Gasteiger partial charge on any atom is 0.410 e. The number of amides is 1. The van der Waals surface area contributed by atoms with E-state index >= 15 is 0 Å². The van der Waals surface area contributed by atoms with Crippen molar-refractivity contribution in [1.29, 1.82) is 0 Å². The fourth-order valence-electron chi connectivity index (χ4n) is 2.10. The second-order valence-electron chi connectivity index (χ2n) is 7.38. The summed E-state index contributed by atoms with van der Waals surface area (Å²) in [7, 11) is 1.67. The van der Waals surface area contributed by atoms with Crippen LogP contribution in [0.4, 0.5) is 4.79 Å². The first-order valence-electron chi connectivity index (χ1n) is 8.88. The SMILES string of the molecule is CN(CCN=C/C(=C\N)c1cnc(Cl)cc1OC1CC1)C(=O)OC(C)(C)C. The Balaban J connectivity index is 1.96. The molecule has 2 N–H and O–H groups in total. The highest BCUT2D eigenvalue weighted by Crippen LogP contribution is 2.32. The molecule has 0 radical (unpaired) electrons. The summed E-state index contributed by atoms with van der Waals surface area (Å²) in [5.41, 5.74) is 6.65. The van der Waals surface area contributed by atoms with Gasteiger partial charge in [-0.1, -0.05) is 11.6 Å². The Labute approximate surface area is 165 Å². The van der Waals surface area contributed by atoms with Crippen molar-refractivity contribution in [2.75, 3.05) is 20.1 Å². The van der Waals surface area contributed by atoms with E-state index in [0.29, 0.717) is 29.6 Å². The Morgan fingerprint density at radius 2 is 2.19 bits per heavy atom. The van der Waals surface area contributed by atoms with E-state index in [1.54, 1.807) is 25.5 Å². The molecule has 0 aliphatic heterocycles. The lowest BCUT2D eigenvalue weighted by Crippen LogP contribution is -2.35. The molecule has 1 aliphatic rings. The smallest absolute Gasteiger partial charge is 0.410 e. The predicted molar refractivity (Wildman–Crippen MR) is 107 cm³/mol. The topological polar surface area (TPSA) is 90.0 Å². The number of hydrogen-bond acceptors (Lipinski definition) is 6. The van der Waals surface area contributed by atoms with Crippen LogP contribution >= 0.6 is 11.6 Å². The third kappa shape index (κ3) is 7.09. The fourth-order valence-corrected chi connectivity index (χ4v) is 2.24. The number of carbonyl (C=O) groups is 1. The summed E-state index contributed by atoms with van der Waals surface area (Å²) in [5.74, 6) is 0.645. The van der Waals surface area contributed by atoms with Crippen LogP contribution in [0.5, 0.6) is 5.75 Å². The highest BCUT2D eigenvalue weighted by Gasteiger charge is 2.25. The van der Waals surface area contributed by atoms with E-state index in [1.165, 1.54) is 11.1 Å². The largest absolute Gasteiger partial charge is 0.490 e. The molecule has 8 heteroatoms. The number of likely N-dealkylation sites (N-methyl/N-ethyl adjacent to an activating group) is 1. The molecule has 1 amide bonds. The zero-order chi connectivity index (χ0) is 20.0. The Kier molecular flexibility index (Phi) is 7.07. The van der Waals surface area contributed by atoms with Crippen LogP contribution in [0.3, 0.4) is 0 Å². The molecule has 1 saturated carbocycles. The number of ether oxygens (including phenoxy) is 2. The van der Waals surface area contributed by atoms with Gasteiger partial charge in [-0.3, -0.25) is 4.99 Å². The van der Waals surface area contributed by atoms with Crippen LogP contribution in [0.1, 0.15) is 39.2 Å². The van der Waals surface area contributed by atoms with Gasteiger partial charge in [0.25, 0.3) is 0 Å². The average Bonchev–Trinajstić information content (AvgIpc) is 3.38. The van der Waals surface area contributed by atoms with Crippen LogP contribution < -0.4 is 10.5 Å². The van der Waals surface area contributed by atoms with Gasteiger partial charge in [-0.2, -0.15) is 0 Å². The van der Waals surface area contributed by atoms with E-state index in [9.17, 15) is 4.79 Å². The zero-order valence-corrected chi connectivity index (χ0v) is 17.0. The molecule has 148 valence electrons. The molecular formula is C19H27ClN4O3. The van der Waals surface area contributed by atoms with Gasteiger partial charge in [-0.15, -0.1) is 0 Å². The van der Waals surface area contributed by atoms with Crippen molar-refractivity contribution in [1.82, 2.24) is 9.88 Å². The molecular weight excluding hydrogens is 368 g/mol. The first-order chi connectivity index (χ1) is 12.7. The number of allylic oxidation sites excluding steroid dienone is 1. The van der Waals surface area contributed by atoms with Crippen molar-refractivity contribution < 1.29 is 14.3 Å². The lowest BCUT2D eigenvalue weighted by molar-refractivity contribution is 0.0304. The number of hydrogen-bond donors (Lipinski definition) is 1.